The third-order valence-corrected chi connectivity index (χ3v) is 4.66. The van der Waals surface area contributed by atoms with Crippen LogP contribution in [0.5, 0.6) is 5.75 Å². The van der Waals surface area contributed by atoms with Crippen molar-refractivity contribution >= 4 is 10.8 Å². The van der Waals surface area contributed by atoms with Crippen molar-refractivity contribution < 1.29 is 9.13 Å². The van der Waals surface area contributed by atoms with Gasteiger partial charge in [-0.05, 0) is 56.7 Å². The molecule has 1 aliphatic rings. The highest BCUT2D eigenvalue weighted by molar-refractivity contribution is 5.85. The minimum absolute atomic E-state index is 0.0271. The van der Waals surface area contributed by atoms with Crippen LogP contribution in [0.4, 0.5) is 4.39 Å². The molecule has 2 aromatic rings. The van der Waals surface area contributed by atoms with Crippen molar-refractivity contribution in [2.24, 2.45) is 0 Å². The molecule has 124 valence electrons. The van der Waals surface area contributed by atoms with Crippen molar-refractivity contribution in [1.29, 1.82) is 0 Å². The number of nitrogens with one attached hydrogen (secondary N) is 1. The van der Waals surface area contributed by atoms with Gasteiger partial charge in [-0.25, -0.2) is 4.39 Å². The normalized spacial score (nSPS) is 17.1. The minimum Gasteiger partial charge on any atom is -0.487 e. The molecule has 2 heterocycles. The lowest BCUT2D eigenvalue weighted by atomic mass is 10.1. The largest absolute Gasteiger partial charge is 0.487 e. The number of halogens is 1. The summed E-state index contributed by atoms with van der Waals surface area (Å²) >= 11 is 0. The van der Waals surface area contributed by atoms with Crippen molar-refractivity contribution in [3.8, 4) is 5.75 Å². The van der Waals surface area contributed by atoms with E-state index in [-0.39, 0.29) is 17.4 Å². The fourth-order valence-corrected chi connectivity index (χ4v) is 3.18. The van der Waals surface area contributed by atoms with Crippen LogP contribution in [0.3, 0.4) is 0 Å². The molecule has 0 radical (unpaired) electrons. The molecule has 3 rings (SSSR count). The summed E-state index contributed by atoms with van der Waals surface area (Å²) in [5.74, 6) is -0.228. The maximum absolute atomic E-state index is 14.3. The lowest BCUT2D eigenvalue weighted by molar-refractivity contribution is 0.0817. The van der Waals surface area contributed by atoms with Crippen LogP contribution >= 0.6 is 0 Å². The van der Waals surface area contributed by atoms with E-state index in [2.05, 4.69) is 23.7 Å². The van der Waals surface area contributed by atoms with E-state index in [4.69, 9.17) is 4.74 Å². The minimum atomic E-state index is -0.472. The van der Waals surface area contributed by atoms with Crippen LogP contribution in [0.2, 0.25) is 0 Å². The molecule has 1 N–H and O–H groups in total. The molecule has 1 aromatic carbocycles. The molecule has 1 aromatic heterocycles. The van der Waals surface area contributed by atoms with Gasteiger partial charge in [-0.1, -0.05) is 0 Å². The second-order valence-corrected chi connectivity index (χ2v) is 6.58. The van der Waals surface area contributed by atoms with Crippen LogP contribution in [0.1, 0.15) is 32.3 Å². The first kappa shape index (κ1) is 16.0. The van der Waals surface area contributed by atoms with Crippen molar-refractivity contribution in [1.82, 2.24) is 9.88 Å². The van der Waals surface area contributed by atoms with Crippen molar-refractivity contribution in [2.45, 2.75) is 45.8 Å². The van der Waals surface area contributed by atoms with Gasteiger partial charge in [0.2, 0.25) is 0 Å². The molecule has 1 fully saturated rings. The number of H-pyrrole nitrogens is 1. The van der Waals surface area contributed by atoms with Crippen LogP contribution in [-0.4, -0.2) is 35.1 Å². The maximum atomic E-state index is 14.3. The smallest absolute Gasteiger partial charge is 0.255 e. The molecule has 1 saturated heterocycles. The Labute approximate surface area is 135 Å². The van der Waals surface area contributed by atoms with Crippen LogP contribution in [0.25, 0.3) is 10.8 Å². The number of piperidine rings is 1. The predicted octanol–water partition coefficient (Wildman–Crippen LogP) is 3.23. The second kappa shape index (κ2) is 6.32. The highest BCUT2D eigenvalue weighted by Crippen LogP contribution is 2.27. The third kappa shape index (κ3) is 3.24. The summed E-state index contributed by atoms with van der Waals surface area (Å²) in [5.41, 5.74) is 0.625. The fourth-order valence-electron chi connectivity index (χ4n) is 3.18. The zero-order valence-corrected chi connectivity index (χ0v) is 13.9. The number of fused-ring (bicyclic) bond motifs is 1. The van der Waals surface area contributed by atoms with E-state index in [0.29, 0.717) is 11.4 Å². The Morgan fingerprint density at radius 1 is 1.26 bits per heavy atom. The van der Waals surface area contributed by atoms with Gasteiger partial charge in [0.1, 0.15) is 6.10 Å². The van der Waals surface area contributed by atoms with E-state index >= 15 is 0 Å². The third-order valence-electron chi connectivity index (χ3n) is 4.66. The number of aryl methyl sites for hydroxylation is 1. The fraction of sp³-hybridized carbons (Fsp3) is 0.500. The first-order chi connectivity index (χ1) is 11.0. The Morgan fingerprint density at radius 3 is 2.61 bits per heavy atom. The van der Waals surface area contributed by atoms with Crippen LogP contribution in [0.15, 0.2) is 23.1 Å². The molecule has 0 aliphatic carbocycles. The summed E-state index contributed by atoms with van der Waals surface area (Å²) < 4.78 is 20.2. The topological polar surface area (TPSA) is 45.3 Å². The number of rotatable bonds is 3. The van der Waals surface area contributed by atoms with Gasteiger partial charge in [0.25, 0.3) is 5.56 Å². The van der Waals surface area contributed by atoms with Crippen molar-refractivity contribution in [3.05, 3.63) is 40.1 Å². The summed E-state index contributed by atoms with van der Waals surface area (Å²) in [5, 5.41) is 1.11. The summed E-state index contributed by atoms with van der Waals surface area (Å²) in [6.45, 7) is 8.20. The Hall–Kier alpha value is -1.88. The lowest BCUT2D eigenvalue weighted by Gasteiger charge is -2.34. The lowest BCUT2D eigenvalue weighted by Crippen LogP contribution is -2.41. The van der Waals surface area contributed by atoms with Crippen LogP contribution in [0, 0.1) is 12.7 Å². The number of hydrogen-bond donors (Lipinski definition) is 1. The first-order valence-corrected chi connectivity index (χ1v) is 8.18. The Balaban J connectivity index is 1.83. The predicted molar refractivity (Wildman–Crippen MR) is 89.6 cm³/mol. The Morgan fingerprint density at radius 2 is 1.96 bits per heavy atom. The molecule has 4 nitrogen and oxygen atoms in total. The Bertz CT molecular complexity index is 761. The molecule has 0 bridgehead atoms. The van der Waals surface area contributed by atoms with Gasteiger partial charge in [-0.2, -0.15) is 0 Å². The van der Waals surface area contributed by atoms with Gasteiger partial charge in [-0.3, -0.25) is 4.79 Å². The van der Waals surface area contributed by atoms with Gasteiger partial charge in [0.15, 0.2) is 11.6 Å². The number of benzene rings is 1. The van der Waals surface area contributed by atoms with E-state index < -0.39 is 5.82 Å². The zero-order valence-electron chi connectivity index (χ0n) is 13.9. The van der Waals surface area contributed by atoms with Crippen molar-refractivity contribution in [3.63, 3.8) is 0 Å². The molecule has 23 heavy (non-hydrogen) atoms. The summed E-state index contributed by atoms with van der Waals surface area (Å²) in [6.07, 6.45) is 3.46. The number of pyridine rings is 1. The number of nitrogens with zero attached hydrogens (tertiary/aromatic N) is 1. The average molecular weight is 318 g/mol. The van der Waals surface area contributed by atoms with Gasteiger partial charge >= 0.3 is 0 Å². The summed E-state index contributed by atoms with van der Waals surface area (Å²) in [4.78, 5) is 16.8. The summed E-state index contributed by atoms with van der Waals surface area (Å²) in [7, 11) is 0. The molecule has 0 spiro atoms. The zero-order chi connectivity index (χ0) is 16.6. The summed E-state index contributed by atoms with van der Waals surface area (Å²) in [6, 6.07) is 3.46. The molecule has 0 atom stereocenters. The number of hydrogen-bond acceptors (Lipinski definition) is 3. The highest BCUT2D eigenvalue weighted by Gasteiger charge is 2.23. The van der Waals surface area contributed by atoms with Gasteiger partial charge < -0.3 is 14.6 Å². The Kier molecular flexibility index (Phi) is 4.39. The average Bonchev–Trinajstić information content (AvgIpc) is 2.53. The molecule has 0 unspecified atom stereocenters. The monoisotopic (exact) mass is 318 g/mol. The molecule has 1 aliphatic heterocycles. The second-order valence-electron chi connectivity index (χ2n) is 6.58. The highest BCUT2D eigenvalue weighted by atomic mass is 19.1. The van der Waals surface area contributed by atoms with Gasteiger partial charge in [-0.15, -0.1) is 0 Å². The van der Waals surface area contributed by atoms with E-state index in [1.807, 2.05) is 6.92 Å². The standard InChI is InChI=1S/C18H23FN2O2/c1-11(2)21-6-4-13(5-7-21)23-17-9-14-12(3)10-20-18(22)15(14)8-16(17)19/h8-11,13H,4-7H2,1-3H3,(H,20,22). The quantitative estimate of drug-likeness (QED) is 0.945. The maximum Gasteiger partial charge on any atom is 0.255 e. The first-order valence-electron chi connectivity index (χ1n) is 8.18. The number of aromatic nitrogens is 1. The van der Waals surface area contributed by atoms with E-state index in [1.165, 1.54) is 6.07 Å². The number of aromatic amines is 1. The van der Waals surface area contributed by atoms with Gasteiger partial charge in [0, 0.05) is 25.3 Å². The molecule has 0 saturated carbocycles. The van der Waals surface area contributed by atoms with E-state index in [0.717, 1.165) is 36.9 Å². The van der Waals surface area contributed by atoms with E-state index in [9.17, 15) is 9.18 Å². The van der Waals surface area contributed by atoms with Crippen LogP contribution in [-0.2, 0) is 0 Å². The van der Waals surface area contributed by atoms with E-state index in [1.54, 1.807) is 12.3 Å². The number of likely N-dealkylation sites (tertiary alicyclic amines) is 1. The molecular formula is C18H23FN2O2. The van der Waals surface area contributed by atoms with Crippen LogP contribution < -0.4 is 10.3 Å². The molecule has 5 heteroatoms. The SMILES string of the molecule is Cc1c[nH]c(=O)c2cc(F)c(OC3CCN(C(C)C)CC3)cc12. The van der Waals surface area contributed by atoms with Gasteiger partial charge in [0.05, 0.1) is 5.39 Å². The molecule has 0 amide bonds. The molecular weight excluding hydrogens is 295 g/mol. The number of ether oxygens (including phenoxy) is 1. The van der Waals surface area contributed by atoms with Crippen molar-refractivity contribution in [2.75, 3.05) is 13.1 Å².